The third-order valence-corrected chi connectivity index (χ3v) is 6.78. The summed E-state index contributed by atoms with van der Waals surface area (Å²) in [6, 6.07) is 11.0. The molecule has 136 valence electrons. The summed E-state index contributed by atoms with van der Waals surface area (Å²) in [6.07, 6.45) is 4.54. The minimum Gasteiger partial charge on any atom is -0.352 e. The molecule has 0 aliphatic carbocycles. The van der Waals surface area contributed by atoms with Gasteiger partial charge in [0.15, 0.2) is 0 Å². The summed E-state index contributed by atoms with van der Waals surface area (Å²) >= 11 is 0. The predicted molar refractivity (Wildman–Crippen MR) is 100 cm³/mol. The van der Waals surface area contributed by atoms with Crippen molar-refractivity contribution in [2.75, 3.05) is 39.3 Å². The van der Waals surface area contributed by atoms with Gasteiger partial charge in [-0.05, 0) is 49.8 Å². The van der Waals surface area contributed by atoms with Crippen molar-refractivity contribution >= 4 is 5.91 Å². The topological polar surface area (TPSA) is 35.6 Å². The molecule has 1 aromatic rings. The van der Waals surface area contributed by atoms with Gasteiger partial charge in [0.2, 0.25) is 5.91 Å². The van der Waals surface area contributed by atoms with Crippen LogP contribution in [0.3, 0.4) is 0 Å². The average Bonchev–Trinajstić information content (AvgIpc) is 3.08. The molecule has 25 heavy (non-hydrogen) atoms. The molecule has 1 amide bonds. The number of nitrogens with one attached hydrogen (secondary N) is 1. The third kappa shape index (κ3) is 3.75. The molecule has 4 nitrogen and oxygen atoms in total. The lowest BCUT2D eigenvalue weighted by Crippen LogP contribution is -2.58. The van der Waals surface area contributed by atoms with Crippen molar-refractivity contribution in [3.05, 3.63) is 35.9 Å². The zero-order valence-electron chi connectivity index (χ0n) is 15.4. The van der Waals surface area contributed by atoms with Crippen LogP contribution in [0.5, 0.6) is 0 Å². The standard InChI is InChI=1S/C21H31N3O/c1-21-9-13-24(14-10-21)16-19(21)20(25)22-18-8-12-23(15-18)11-7-17-5-3-2-4-6-17/h2-6,18-19H,7-16H2,1H3,(H,22,25)/t18-,19?/m0/s1. The van der Waals surface area contributed by atoms with E-state index in [0.29, 0.717) is 11.9 Å². The summed E-state index contributed by atoms with van der Waals surface area (Å²) in [6.45, 7) is 8.85. The van der Waals surface area contributed by atoms with E-state index in [1.165, 1.54) is 31.5 Å². The molecular formula is C21H31N3O. The fraction of sp³-hybridized carbons (Fsp3) is 0.667. The van der Waals surface area contributed by atoms with Crippen LogP contribution in [0, 0.1) is 11.3 Å². The first-order chi connectivity index (χ1) is 12.1. The lowest BCUT2D eigenvalue weighted by molar-refractivity contribution is -0.137. The quantitative estimate of drug-likeness (QED) is 0.891. The van der Waals surface area contributed by atoms with Gasteiger partial charge < -0.3 is 15.1 Å². The van der Waals surface area contributed by atoms with Crippen LogP contribution in [0.4, 0.5) is 0 Å². The molecule has 1 N–H and O–H groups in total. The number of rotatable bonds is 5. The maximum absolute atomic E-state index is 12.9. The smallest absolute Gasteiger partial charge is 0.225 e. The Morgan fingerprint density at radius 2 is 1.92 bits per heavy atom. The van der Waals surface area contributed by atoms with E-state index in [4.69, 9.17) is 0 Å². The first kappa shape index (κ1) is 17.0. The largest absolute Gasteiger partial charge is 0.352 e. The SMILES string of the molecule is CC12CCN(CC1)CC2C(=O)N[C@H]1CCN(CCc2ccccc2)C1. The van der Waals surface area contributed by atoms with Crippen molar-refractivity contribution in [1.29, 1.82) is 0 Å². The normalized spacial score (nSPS) is 35.0. The average molecular weight is 341 g/mol. The molecule has 0 radical (unpaired) electrons. The number of amides is 1. The lowest BCUT2D eigenvalue weighted by atomic mass is 9.66. The summed E-state index contributed by atoms with van der Waals surface area (Å²) in [5, 5.41) is 3.38. The van der Waals surface area contributed by atoms with Gasteiger partial charge >= 0.3 is 0 Å². The van der Waals surface area contributed by atoms with E-state index in [0.717, 1.165) is 39.0 Å². The minimum atomic E-state index is 0.188. The Morgan fingerprint density at radius 3 is 2.64 bits per heavy atom. The number of hydrogen-bond acceptors (Lipinski definition) is 3. The summed E-state index contributed by atoms with van der Waals surface area (Å²) in [5.74, 6) is 0.496. The van der Waals surface area contributed by atoms with E-state index in [1.54, 1.807) is 0 Å². The van der Waals surface area contributed by atoms with Crippen LogP contribution in [0.25, 0.3) is 0 Å². The van der Waals surface area contributed by atoms with Crippen LogP contribution in [-0.2, 0) is 11.2 Å². The highest BCUT2D eigenvalue weighted by Crippen LogP contribution is 2.43. The molecule has 1 aromatic carbocycles. The zero-order valence-corrected chi connectivity index (χ0v) is 15.4. The molecule has 2 atom stereocenters. The highest BCUT2D eigenvalue weighted by atomic mass is 16.2. The number of nitrogens with zero attached hydrogens (tertiary/aromatic N) is 2. The van der Waals surface area contributed by atoms with E-state index in [-0.39, 0.29) is 11.3 Å². The second-order valence-corrected chi connectivity index (χ2v) is 8.54. The van der Waals surface area contributed by atoms with Crippen molar-refractivity contribution < 1.29 is 4.79 Å². The first-order valence-electron chi connectivity index (χ1n) is 9.91. The fourth-order valence-electron chi connectivity index (χ4n) is 4.86. The Labute approximate surface area is 151 Å². The van der Waals surface area contributed by atoms with Crippen molar-refractivity contribution in [1.82, 2.24) is 15.1 Å². The van der Waals surface area contributed by atoms with Crippen LogP contribution in [0.1, 0.15) is 31.7 Å². The zero-order chi connectivity index (χ0) is 17.3. The van der Waals surface area contributed by atoms with Gasteiger partial charge in [-0.15, -0.1) is 0 Å². The molecule has 4 aliphatic heterocycles. The second-order valence-electron chi connectivity index (χ2n) is 8.54. The number of piperidine rings is 3. The monoisotopic (exact) mass is 341 g/mol. The molecule has 4 saturated heterocycles. The van der Waals surface area contributed by atoms with E-state index < -0.39 is 0 Å². The van der Waals surface area contributed by atoms with Gasteiger partial charge in [0.05, 0.1) is 5.92 Å². The Bertz CT molecular complexity index is 594. The van der Waals surface area contributed by atoms with Gasteiger partial charge in [-0.2, -0.15) is 0 Å². The van der Waals surface area contributed by atoms with E-state index >= 15 is 0 Å². The van der Waals surface area contributed by atoms with Gasteiger partial charge in [0, 0.05) is 32.2 Å². The summed E-state index contributed by atoms with van der Waals surface area (Å²) in [5.41, 5.74) is 1.62. The van der Waals surface area contributed by atoms with Gasteiger partial charge in [-0.25, -0.2) is 0 Å². The van der Waals surface area contributed by atoms with Crippen molar-refractivity contribution in [3.63, 3.8) is 0 Å². The van der Waals surface area contributed by atoms with Crippen LogP contribution in [0.15, 0.2) is 30.3 Å². The molecule has 1 unspecified atom stereocenters. The Kier molecular flexibility index (Phi) is 4.83. The molecule has 2 bridgehead atoms. The van der Waals surface area contributed by atoms with E-state index in [1.807, 2.05) is 0 Å². The minimum absolute atomic E-state index is 0.188. The summed E-state index contributed by atoms with van der Waals surface area (Å²) in [7, 11) is 0. The molecule has 0 saturated carbocycles. The maximum atomic E-state index is 12.9. The number of carbonyl (C=O) groups is 1. The van der Waals surface area contributed by atoms with Crippen molar-refractivity contribution in [3.8, 4) is 0 Å². The predicted octanol–water partition coefficient (Wildman–Crippen LogP) is 2.15. The van der Waals surface area contributed by atoms with Crippen molar-refractivity contribution in [2.24, 2.45) is 11.3 Å². The van der Waals surface area contributed by atoms with Gasteiger partial charge in [0.25, 0.3) is 0 Å². The lowest BCUT2D eigenvalue weighted by Gasteiger charge is -2.51. The number of carbonyl (C=O) groups excluding carboxylic acids is 1. The Morgan fingerprint density at radius 1 is 1.16 bits per heavy atom. The number of likely N-dealkylation sites (tertiary alicyclic amines) is 1. The number of hydrogen-bond donors (Lipinski definition) is 1. The van der Waals surface area contributed by atoms with Crippen molar-refractivity contribution in [2.45, 2.75) is 38.6 Å². The second kappa shape index (κ2) is 7.08. The molecule has 4 fully saturated rings. The maximum Gasteiger partial charge on any atom is 0.225 e. The highest BCUT2D eigenvalue weighted by Gasteiger charge is 2.47. The summed E-state index contributed by atoms with van der Waals surface area (Å²) in [4.78, 5) is 17.8. The van der Waals surface area contributed by atoms with Crippen LogP contribution in [0.2, 0.25) is 0 Å². The first-order valence-corrected chi connectivity index (χ1v) is 9.91. The molecule has 4 heteroatoms. The fourth-order valence-corrected chi connectivity index (χ4v) is 4.86. The number of benzene rings is 1. The van der Waals surface area contributed by atoms with Gasteiger partial charge in [-0.1, -0.05) is 37.3 Å². The molecule has 4 aliphatic rings. The molecule has 5 rings (SSSR count). The van der Waals surface area contributed by atoms with Crippen LogP contribution in [-0.4, -0.2) is 61.0 Å². The molecule has 0 aromatic heterocycles. The number of fused-ring (bicyclic) bond motifs is 3. The summed E-state index contributed by atoms with van der Waals surface area (Å²) < 4.78 is 0. The Balaban J connectivity index is 1.26. The van der Waals surface area contributed by atoms with Crippen LogP contribution >= 0.6 is 0 Å². The van der Waals surface area contributed by atoms with E-state index in [2.05, 4.69) is 52.4 Å². The van der Waals surface area contributed by atoms with Gasteiger partial charge in [-0.3, -0.25) is 4.79 Å². The van der Waals surface area contributed by atoms with Gasteiger partial charge in [0.1, 0.15) is 0 Å². The Hall–Kier alpha value is -1.39. The highest BCUT2D eigenvalue weighted by molar-refractivity contribution is 5.80. The third-order valence-electron chi connectivity index (χ3n) is 6.78. The van der Waals surface area contributed by atoms with Crippen LogP contribution < -0.4 is 5.32 Å². The van der Waals surface area contributed by atoms with E-state index in [9.17, 15) is 4.79 Å². The molecule has 4 heterocycles. The molecular weight excluding hydrogens is 310 g/mol. The molecule has 0 spiro atoms.